The first-order valence-corrected chi connectivity index (χ1v) is 7.75. The number of carbonyl (C=O) groups is 1. The van der Waals surface area contributed by atoms with Crippen molar-refractivity contribution in [2.24, 2.45) is 5.92 Å². The second-order valence-electron chi connectivity index (χ2n) is 5.80. The Hall–Kier alpha value is -0.610. The molecule has 1 aliphatic heterocycles. The average Bonchev–Trinajstić information content (AvgIpc) is 2.38. The molecule has 0 saturated carbocycles. The van der Waals surface area contributed by atoms with Crippen LogP contribution in [0.3, 0.4) is 0 Å². The number of nitrogens with zero attached hydrogens (tertiary/aromatic N) is 1. The molecule has 0 aromatic rings. The van der Waals surface area contributed by atoms with E-state index in [9.17, 15) is 4.79 Å². The van der Waals surface area contributed by atoms with Gasteiger partial charge in [-0.3, -0.25) is 4.79 Å². The summed E-state index contributed by atoms with van der Waals surface area (Å²) in [4.78, 5) is 14.2. The predicted octanol–water partition coefficient (Wildman–Crippen LogP) is 2.04. The summed E-state index contributed by atoms with van der Waals surface area (Å²) in [6.45, 7) is 10.7. The zero-order chi connectivity index (χ0) is 14.1. The number of rotatable bonds is 9. The van der Waals surface area contributed by atoms with Crippen LogP contribution in [0, 0.1) is 5.92 Å². The van der Waals surface area contributed by atoms with E-state index in [1.54, 1.807) is 0 Å². The van der Waals surface area contributed by atoms with E-state index in [4.69, 9.17) is 4.74 Å². The van der Waals surface area contributed by atoms with Gasteiger partial charge in [-0.1, -0.05) is 20.8 Å². The molecule has 0 radical (unpaired) electrons. The molecule has 4 heteroatoms. The van der Waals surface area contributed by atoms with Crippen molar-refractivity contribution in [3.8, 4) is 0 Å². The lowest BCUT2D eigenvalue weighted by molar-refractivity contribution is -0.136. The van der Waals surface area contributed by atoms with E-state index in [2.05, 4.69) is 26.1 Å². The molecule has 1 unspecified atom stereocenters. The third-order valence-electron chi connectivity index (χ3n) is 3.34. The van der Waals surface area contributed by atoms with Crippen molar-refractivity contribution in [2.75, 3.05) is 32.8 Å². The van der Waals surface area contributed by atoms with E-state index in [0.717, 1.165) is 58.5 Å². The Labute approximate surface area is 117 Å². The van der Waals surface area contributed by atoms with E-state index in [1.807, 2.05) is 4.90 Å². The van der Waals surface area contributed by atoms with Crippen molar-refractivity contribution >= 4 is 5.91 Å². The Kier molecular flexibility index (Phi) is 8.07. The Morgan fingerprint density at radius 1 is 1.47 bits per heavy atom. The van der Waals surface area contributed by atoms with E-state index in [-0.39, 0.29) is 11.9 Å². The predicted molar refractivity (Wildman–Crippen MR) is 78.2 cm³/mol. The Bertz CT molecular complexity index is 257. The van der Waals surface area contributed by atoms with Crippen LogP contribution in [0.5, 0.6) is 0 Å². The van der Waals surface area contributed by atoms with Gasteiger partial charge in [-0.25, -0.2) is 0 Å². The van der Waals surface area contributed by atoms with Crippen molar-refractivity contribution in [1.29, 1.82) is 0 Å². The highest BCUT2D eigenvalue weighted by atomic mass is 16.5. The smallest absolute Gasteiger partial charge is 0.239 e. The summed E-state index contributed by atoms with van der Waals surface area (Å²) in [6, 6.07) is 0.0466. The van der Waals surface area contributed by atoms with Crippen LogP contribution in [0.4, 0.5) is 0 Å². The molecule has 1 rings (SSSR count). The molecule has 1 N–H and O–H groups in total. The molecule has 0 aromatic heterocycles. The maximum atomic E-state index is 12.2. The lowest BCUT2D eigenvalue weighted by atomic mass is 10.0. The molecule has 0 aliphatic carbocycles. The average molecular weight is 270 g/mol. The maximum Gasteiger partial charge on any atom is 0.239 e. The fourth-order valence-electron chi connectivity index (χ4n) is 2.35. The van der Waals surface area contributed by atoms with Gasteiger partial charge >= 0.3 is 0 Å². The van der Waals surface area contributed by atoms with Crippen LogP contribution in [0.25, 0.3) is 0 Å². The molecule has 112 valence electrons. The van der Waals surface area contributed by atoms with Gasteiger partial charge in [0.05, 0.1) is 6.04 Å². The fraction of sp³-hybridized carbons (Fsp3) is 0.933. The first kappa shape index (κ1) is 16.4. The van der Waals surface area contributed by atoms with Crippen LogP contribution >= 0.6 is 0 Å². The molecule has 1 fully saturated rings. The fourth-order valence-corrected chi connectivity index (χ4v) is 2.35. The summed E-state index contributed by atoms with van der Waals surface area (Å²) in [5.41, 5.74) is 0. The molecule has 0 bridgehead atoms. The minimum absolute atomic E-state index is 0.0466. The monoisotopic (exact) mass is 270 g/mol. The van der Waals surface area contributed by atoms with E-state index in [0.29, 0.717) is 5.92 Å². The first-order chi connectivity index (χ1) is 9.15. The maximum absolute atomic E-state index is 12.2. The van der Waals surface area contributed by atoms with Gasteiger partial charge in [0.15, 0.2) is 0 Å². The second kappa shape index (κ2) is 9.32. The largest absolute Gasteiger partial charge is 0.381 e. The summed E-state index contributed by atoms with van der Waals surface area (Å²) in [6.07, 6.45) is 4.12. The quantitative estimate of drug-likeness (QED) is 0.652. The lowest BCUT2D eigenvalue weighted by Crippen LogP contribution is -2.51. The zero-order valence-electron chi connectivity index (χ0n) is 12.8. The molecule has 19 heavy (non-hydrogen) atoms. The van der Waals surface area contributed by atoms with Gasteiger partial charge in [-0.2, -0.15) is 0 Å². The molecular weight excluding hydrogens is 240 g/mol. The number of piperidine rings is 1. The van der Waals surface area contributed by atoms with Crippen molar-refractivity contribution in [1.82, 2.24) is 10.2 Å². The van der Waals surface area contributed by atoms with Gasteiger partial charge in [0.2, 0.25) is 5.91 Å². The van der Waals surface area contributed by atoms with E-state index in [1.165, 1.54) is 0 Å². The van der Waals surface area contributed by atoms with Crippen molar-refractivity contribution in [3.05, 3.63) is 0 Å². The Morgan fingerprint density at radius 3 is 2.95 bits per heavy atom. The standard InChI is InChI=1S/C15H30N2O2/c1-4-8-16-14-7-5-9-17(15(14)18)10-6-11-19-12-13(2)3/h13-14,16H,4-12H2,1-3H3. The van der Waals surface area contributed by atoms with E-state index >= 15 is 0 Å². The van der Waals surface area contributed by atoms with Gasteiger partial charge in [0, 0.05) is 26.3 Å². The summed E-state index contributed by atoms with van der Waals surface area (Å²) in [5.74, 6) is 0.864. The molecule has 4 nitrogen and oxygen atoms in total. The molecule has 0 spiro atoms. The normalized spacial score (nSPS) is 20.3. The number of hydrogen-bond donors (Lipinski definition) is 1. The number of nitrogens with one attached hydrogen (secondary N) is 1. The highest BCUT2D eigenvalue weighted by molar-refractivity contribution is 5.82. The molecule has 1 saturated heterocycles. The van der Waals surface area contributed by atoms with Crippen LogP contribution in [0.2, 0.25) is 0 Å². The SMILES string of the molecule is CCCNC1CCCN(CCCOCC(C)C)C1=O. The summed E-state index contributed by atoms with van der Waals surface area (Å²) in [7, 11) is 0. The van der Waals surface area contributed by atoms with Crippen LogP contribution in [0.15, 0.2) is 0 Å². The van der Waals surface area contributed by atoms with Crippen LogP contribution in [-0.4, -0.2) is 49.7 Å². The van der Waals surface area contributed by atoms with Crippen LogP contribution in [-0.2, 0) is 9.53 Å². The van der Waals surface area contributed by atoms with Crippen LogP contribution in [0.1, 0.15) is 46.5 Å². The molecule has 1 heterocycles. The zero-order valence-corrected chi connectivity index (χ0v) is 12.8. The van der Waals surface area contributed by atoms with Gasteiger partial charge in [0.25, 0.3) is 0 Å². The van der Waals surface area contributed by atoms with Crippen molar-refractivity contribution in [2.45, 2.75) is 52.5 Å². The van der Waals surface area contributed by atoms with Gasteiger partial charge < -0.3 is 15.0 Å². The topological polar surface area (TPSA) is 41.6 Å². The number of hydrogen-bond acceptors (Lipinski definition) is 3. The Morgan fingerprint density at radius 2 is 2.26 bits per heavy atom. The minimum atomic E-state index is 0.0466. The summed E-state index contributed by atoms with van der Waals surface area (Å²) < 4.78 is 5.56. The van der Waals surface area contributed by atoms with Gasteiger partial charge in [-0.05, 0) is 38.1 Å². The van der Waals surface area contributed by atoms with Gasteiger partial charge in [0.1, 0.15) is 0 Å². The van der Waals surface area contributed by atoms with Crippen molar-refractivity contribution < 1.29 is 9.53 Å². The van der Waals surface area contributed by atoms with Gasteiger partial charge in [-0.15, -0.1) is 0 Å². The molecule has 1 amide bonds. The number of ether oxygens (including phenoxy) is 1. The molecule has 1 atom stereocenters. The molecule has 0 aromatic carbocycles. The third kappa shape index (κ3) is 6.39. The highest BCUT2D eigenvalue weighted by Gasteiger charge is 2.27. The lowest BCUT2D eigenvalue weighted by Gasteiger charge is -2.32. The van der Waals surface area contributed by atoms with Crippen LogP contribution < -0.4 is 5.32 Å². The summed E-state index contributed by atoms with van der Waals surface area (Å²) >= 11 is 0. The third-order valence-corrected chi connectivity index (χ3v) is 3.34. The molecule has 1 aliphatic rings. The molecular formula is C15H30N2O2. The van der Waals surface area contributed by atoms with E-state index < -0.39 is 0 Å². The first-order valence-electron chi connectivity index (χ1n) is 7.75. The minimum Gasteiger partial charge on any atom is -0.381 e. The second-order valence-corrected chi connectivity index (χ2v) is 5.80. The number of likely N-dealkylation sites (tertiary alicyclic amines) is 1. The van der Waals surface area contributed by atoms with Crippen molar-refractivity contribution in [3.63, 3.8) is 0 Å². The Balaban J connectivity index is 2.19. The summed E-state index contributed by atoms with van der Waals surface area (Å²) in [5, 5.41) is 3.35. The highest BCUT2D eigenvalue weighted by Crippen LogP contribution is 2.12. The number of carbonyl (C=O) groups excluding carboxylic acids is 1. The number of amides is 1.